The standard InChI is InChI=1S/C10H9N3O3/c14-5-6-3-7(10(15)16)8(13-4-6)9-11-1-2-12-9/h3-5H,1-2H2,(H,11,12)(H,15,16). The summed E-state index contributed by atoms with van der Waals surface area (Å²) in [5.74, 6) is -0.655. The second-order valence-corrected chi connectivity index (χ2v) is 3.24. The van der Waals surface area contributed by atoms with E-state index < -0.39 is 5.97 Å². The molecule has 0 spiro atoms. The molecule has 0 amide bonds. The zero-order valence-corrected chi connectivity index (χ0v) is 8.30. The Hall–Kier alpha value is -2.24. The van der Waals surface area contributed by atoms with Crippen LogP contribution in [0.1, 0.15) is 26.4 Å². The lowest BCUT2D eigenvalue weighted by molar-refractivity contribution is 0.0696. The van der Waals surface area contributed by atoms with Crippen LogP contribution in [0.4, 0.5) is 0 Å². The first-order valence-electron chi connectivity index (χ1n) is 4.69. The maximum Gasteiger partial charge on any atom is 0.338 e. The molecule has 2 N–H and O–H groups in total. The summed E-state index contributed by atoms with van der Waals surface area (Å²) in [4.78, 5) is 29.6. The maximum absolute atomic E-state index is 11.0. The van der Waals surface area contributed by atoms with Gasteiger partial charge in [0.1, 0.15) is 11.5 Å². The van der Waals surface area contributed by atoms with E-state index in [4.69, 9.17) is 5.11 Å². The van der Waals surface area contributed by atoms with Gasteiger partial charge in [0.2, 0.25) is 0 Å². The minimum Gasteiger partial charge on any atom is -0.478 e. The lowest BCUT2D eigenvalue weighted by Gasteiger charge is -2.05. The molecule has 1 aromatic heterocycles. The topological polar surface area (TPSA) is 91.7 Å². The molecular weight excluding hydrogens is 210 g/mol. The minimum atomic E-state index is -1.12. The van der Waals surface area contributed by atoms with E-state index in [0.717, 1.165) is 0 Å². The molecule has 0 bridgehead atoms. The van der Waals surface area contributed by atoms with E-state index >= 15 is 0 Å². The van der Waals surface area contributed by atoms with E-state index in [9.17, 15) is 9.59 Å². The molecule has 16 heavy (non-hydrogen) atoms. The van der Waals surface area contributed by atoms with Crippen LogP contribution in [-0.2, 0) is 0 Å². The quantitative estimate of drug-likeness (QED) is 0.695. The molecule has 1 aliphatic heterocycles. The van der Waals surface area contributed by atoms with Crippen LogP contribution in [-0.4, -0.2) is 41.3 Å². The van der Waals surface area contributed by atoms with Crippen molar-refractivity contribution in [3.63, 3.8) is 0 Å². The van der Waals surface area contributed by atoms with Crippen LogP contribution in [0.15, 0.2) is 17.3 Å². The SMILES string of the molecule is O=Cc1cnc(C2=NCCN2)c(C(=O)O)c1. The molecule has 0 atom stereocenters. The number of carboxylic acid groups (broad SMARTS) is 1. The Labute approximate surface area is 91.0 Å². The Kier molecular flexibility index (Phi) is 2.63. The van der Waals surface area contributed by atoms with Crippen LogP contribution >= 0.6 is 0 Å². The molecule has 0 fully saturated rings. The lowest BCUT2D eigenvalue weighted by atomic mass is 10.1. The fourth-order valence-electron chi connectivity index (χ4n) is 1.45. The summed E-state index contributed by atoms with van der Waals surface area (Å²) >= 11 is 0. The Morgan fingerprint density at radius 1 is 1.56 bits per heavy atom. The second kappa shape index (κ2) is 4.09. The third-order valence-electron chi connectivity index (χ3n) is 2.17. The normalized spacial score (nSPS) is 14.1. The highest BCUT2D eigenvalue weighted by Crippen LogP contribution is 2.10. The summed E-state index contributed by atoms with van der Waals surface area (Å²) in [5.41, 5.74) is 0.494. The summed E-state index contributed by atoms with van der Waals surface area (Å²) in [6.45, 7) is 1.27. The number of aldehydes is 1. The molecule has 0 saturated carbocycles. The van der Waals surface area contributed by atoms with Crippen LogP contribution in [0.25, 0.3) is 0 Å². The number of carboxylic acids is 1. The number of hydrogen-bond donors (Lipinski definition) is 2. The van der Waals surface area contributed by atoms with E-state index in [2.05, 4.69) is 15.3 Å². The second-order valence-electron chi connectivity index (χ2n) is 3.24. The summed E-state index contributed by atoms with van der Waals surface area (Å²) in [6.07, 6.45) is 1.89. The van der Waals surface area contributed by atoms with Crippen LogP contribution in [0.3, 0.4) is 0 Å². The van der Waals surface area contributed by atoms with Gasteiger partial charge < -0.3 is 10.4 Å². The predicted octanol–water partition coefficient (Wildman–Crippen LogP) is -0.0579. The molecule has 2 heterocycles. The third kappa shape index (κ3) is 1.77. The molecule has 6 nitrogen and oxygen atoms in total. The van der Waals surface area contributed by atoms with Gasteiger partial charge in [-0.15, -0.1) is 0 Å². The monoisotopic (exact) mass is 219 g/mol. The first-order valence-corrected chi connectivity index (χ1v) is 4.69. The molecule has 0 radical (unpaired) electrons. The van der Waals surface area contributed by atoms with Crippen molar-refractivity contribution in [3.8, 4) is 0 Å². The zero-order valence-electron chi connectivity index (χ0n) is 8.30. The van der Waals surface area contributed by atoms with Crippen molar-refractivity contribution in [3.05, 3.63) is 29.1 Å². The lowest BCUT2D eigenvalue weighted by Crippen LogP contribution is -2.23. The Morgan fingerprint density at radius 2 is 2.38 bits per heavy atom. The molecule has 1 aliphatic rings. The number of amidine groups is 1. The van der Waals surface area contributed by atoms with Gasteiger partial charge in [0, 0.05) is 18.3 Å². The van der Waals surface area contributed by atoms with Gasteiger partial charge in [-0.05, 0) is 6.07 Å². The van der Waals surface area contributed by atoms with E-state index in [-0.39, 0.29) is 16.8 Å². The van der Waals surface area contributed by atoms with E-state index in [1.165, 1.54) is 12.3 Å². The summed E-state index contributed by atoms with van der Waals surface area (Å²) < 4.78 is 0. The number of aromatic carboxylic acids is 1. The van der Waals surface area contributed by atoms with Crippen LogP contribution in [0.5, 0.6) is 0 Å². The third-order valence-corrected chi connectivity index (χ3v) is 2.17. The van der Waals surface area contributed by atoms with E-state index in [0.29, 0.717) is 25.2 Å². The number of carbonyl (C=O) groups is 2. The summed E-state index contributed by atoms with van der Waals surface area (Å²) in [6, 6.07) is 1.29. The van der Waals surface area contributed by atoms with Gasteiger partial charge in [-0.2, -0.15) is 0 Å². The number of aliphatic imine (C=N–C) groups is 1. The molecule has 82 valence electrons. The average Bonchev–Trinajstić information content (AvgIpc) is 2.81. The van der Waals surface area contributed by atoms with Gasteiger partial charge in [0.05, 0.1) is 12.1 Å². The van der Waals surface area contributed by atoms with Crippen LogP contribution < -0.4 is 5.32 Å². The molecule has 0 saturated heterocycles. The van der Waals surface area contributed by atoms with Crippen molar-refractivity contribution in [1.29, 1.82) is 0 Å². The average molecular weight is 219 g/mol. The maximum atomic E-state index is 11.0. The highest BCUT2D eigenvalue weighted by Gasteiger charge is 2.18. The summed E-state index contributed by atoms with van der Waals surface area (Å²) in [7, 11) is 0. The number of hydrogen-bond acceptors (Lipinski definition) is 5. The van der Waals surface area contributed by atoms with Gasteiger partial charge in [0.25, 0.3) is 0 Å². The molecule has 2 rings (SSSR count). The molecule has 0 aromatic carbocycles. The highest BCUT2D eigenvalue weighted by molar-refractivity contribution is 6.07. The molecular formula is C10H9N3O3. The number of pyridine rings is 1. The van der Waals surface area contributed by atoms with E-state index in [1.807, 2.05) is 0 Å². The Morgan fingerprint density at radius 3 is 2.94 bits per heavy atom. The summed E-state index contributed by atoms with van der Waals surface area (Å²) in [5, 5.41) is 11.9. The number of carbonyl (C=O) groups excluding carboxylic acids is 1. The van der Waals surface area contributed by atoms with Crippen molar-refractivity contribution >= 4 is 18.1 Å². The van der Waals surface area contributed by atoms with Crippen LogP contribution in [0, 0.1) is 0 Å². The molecule has 6 heteroatoms. The zero-order chi connectivity index (χ0) is 11.5. The fraction of sp³-hybridized carbons (Fsp3) is 0.200. The number of rotatable bonds is 3. The van der Waals surface area contributed by atoms with Crippen molar-refractivity contribution in [2.75, 3.05) is 13.1 Å². The van der Waals surface area contributed by atoms with Gasteiger partial charge in [0.15, 0.2) is 6.29 Å². The fourth-order valence-corrected chi connectivity index (χ4v) is 1.45. The number of aromatic nitrogens is 1. The van der Waals surface area contributed by atoms with Gasteiger partial charge in [-0.1, -0.05) is 0 Å². The van der Waals surface area contributed by atoms with Crippen molar-refractivity contribution in [1.82, 2.24) is 10.3 Å². The van der Waals surface area contributed by atoms with Crippen molar-refractivity contribution < 1.29 is 14.7 Å². The molecule has 0 aliphatic carbocycles. The molecule has 0 unspecified atom stereocenters. The number of nitrogens with one attached hydrogen (secondary N) is 1. The van der Waals surface area contributed by atoms with Crippen LogP contribution in [0.2, 0.25) is 0 Å². The van der Waals surface area contributed by atoms with Gasteiger partial charge in [-0.25, -0.2) is 4.79 Å². The van der Waals surface area contributed by atoms with Gasteiger partial charge in [-0.3, -0.25) is 14.8 Å². The van der Waals surface area contributed by atoms with E-state index in [1.54, 1.807) is 0 Å². The van der Waals surface area contributed by atoms with Crippen molar-refractivity contribution in [2.24, 2.45) is 4.99 Å². The largest absolute Gasteiger partial charge is 0.478 e. The Bertz CT molecular complexity index is 482. The number of nitrogens with zero attached hydrogens (tertiary/aromatic N) is 2. The highest BCUT2D eigenvalue weighted by atomic mass is 16.4. The predicted molar refractivity (Wildman–Crippen MR) is 56.0 cm³/mol. The smallest absolute Gasteiger partial charge is 0.338 e. The Balaban J connectivity index is 2.51. The molecule has 1 aromatic rings. The first-order chi connectivity index (χ1) is 7.72. The first kappa shape index (κ1) is 10.3. The van der Waals surface area contributed by atoms with Crippen molar-refractivity contribution in [2.45, 2.75) is 0 Å². The van der Waals surface area contributed by atoms with Gasteiger partial charge >= 0.3 is 5.97 Å². The minimum absolute atomic E-state index is 0.0160.